The van der Waals surface area contributed by atoms with E-state index in [4.69, 9.17) is 5.11 Å². The van der Waals surface area contributed by atoms with Gasteiger partial charge >= 0.3 is 5.97 Å². The molecule has 0 spiro atoms. The van der Waals surface area contributed by atoms with E-state index in [0.29, 0.717) is 17.3 Å². The van der Waals surface area contributed by atoms with Gasteiger partial charge in [-0.25, -0.2) is 0 Å². The Morgan fingerprint density at radius 2 is 1.45 bits per heavy atom. The third-order valence-corrected chi connectivity index (χ3v) is 14.6. The van der Waals surface area contributed by atoms with E-state index in [2.05, 4.69) is 52.8 Å². The van der Waals surface area contributed by atoms with Crippen LogP contribution in [0.5, 0.6) is 0 Å². The molecule has 0 aliphatic heterocycles. The maximum Gasteiger partial charge on any atom is 0.303 e. The minimum Gasteiger partial charge on any atom is -0.481 e. The van der Waals surface area contributed by atoms with Crippen molar-refractivity contribution in [2.45, 2.75) is 202 Å². The lowest BCUT2D eigenvalue weighted by atomic mass is 9.46. The molecule has 0 aromatic carbocycles. The highest BCUT2D eigenvalue weighted by Gasteiger charge is 2.59. The van der Waals surface area contributed by atoms with Crippen LogP contribution in [0.25, 0.3) is 0 Å². The number of carboxylic acid groups (broad SMARTS) is 1. The zero-order chi connectivity index (χ0) is 33.7. The number of carbonyl (C=O) groups is 1. The standard InChI is InChI=1S/C45H78O2/c1-35(2)22-21-23-36(3)40-28-29-41-39-27-26-38-34-37(30-32-44(38,4)42(39)31-33-45(40,41)5)24-19-17-15-13-11-9-7-6-8-10-12-14-16-18-20-25-43(46)47/h6,8,26,35-37,39-42H,7,9-25,27-34H2,1-5H3,(H,46,47)/b8-6-/t36-,37?,39?,40-,41?,42?,44+,45-/m1/s1. The number of aliphatic carboxylic acids is 1. The summed E-state index contributed by atoms with van der Waals surface area (Å²) in [5.74, 6) is 5.97. The van der Waals surface area contributed by atoms with Crippen LogP contribution in [0.1, 0.15) is 202 Å². The molecule has 4 aliphatic carbocycles. The van der Waals surface area contributed by atoms with Gasteiger partial charge in [0.05, 0.1) is 0 Å². The van der Waals surface area contributed by atoms with Crippen molar-refractivity contribution in [2.75, 3.05) is 0 Å². The zero-order valence-corrected chi connectivity index (χ0v) is 32.0. The first-order chi connectivity index (χ1) is 22.6. The minimum atomic E-state index is -0.657. The van der Waals surface area contributed by atoms with Crippen LogP contribution in [0.3, 0.4) is 0 Å². The molecule has 270 valence electrons. The van der Waals surface area contributed by atoms with E-state index in [9.17, 15) is 4.79 Å². The summed E-state index contributed by atoms with van der Waals surface area (Å²) < 4.78 is 0. The van der Waals surface area contributed by atoms with E-state index in [1.807, 2.05) is 5.57 Å². The van der Waals surface area contributed by atoms with Gasteiger partial charge in [0, 0.05) is 6.42 Å². The summed E-state index contributed by atoms with van der Waals surface area (Å²) in [5, 5.41) is 8.69. The van der Waals surface area contributed by atoms with Crippen molar-refractivity contribution < 1.29 is 9.90 Å². The highest BCUT2D eigenvalue weighted by atomic mass is 16.4. The summed E-state index contributed by atoms with van der Waals surface area (Å²) in [5.41, 5.74) is 3.03. The van der Waals surface area contributed by atoms with E-state index in [1.165, 1.54) is 148 Å². The van der Waals surface area contributed by atoms with Gasteiger partial charge in [-0.15, -0.1) is 0 Å². The largest absolute Gasteiger partial charge is 0.481 e. The maximum atomic E-state index is 10.5. The lowest BCUT2D eigenvalue weighted by Crippen LogP contribution is -2.50. The number of carboxylic acids is 1. The highest BCUT2D eigenvalue weighted by Crippen LogP contribution is 2.67. The lowest BCUT2D eigenvalue weighted by Gasteiger charge is -2.58. The molecule has 0 aromatic rings. The number of allylic oxidation sites excluding steroid dienone is 4. The zero-order valence-electron chi connectivity index (χ0n) is 32.0. The van der Waals surface area contributed by atoms with Gasteiger partial charge in [0.25, 0.3) is 0 Å². The van der Waals surface area contributed by atoms with Crippen LogP contribution in [0.4, 0.5) is 0 Å². The molecule has 3 fully saturated rings. The summed E-state index contributed by atoms with van der Waals surface area (Å²) in [6.45, 7) is 12.9. The Labute approximate surface area is 292 Å². The van der Waals surface area contributed by atoms with Crippen LogP contribution in [-0.2, 0) is 4.79 Å². The molecule has 4 rings (SSSR count). The van der Waals surface area contributed by atoms with Gasteiger partial charge in [0.2, 0.25) is 0 Å². The molecule has 47 heavy (non-hydrogen) atoms. The lowest BCUT2D eigenvalue weighted by molar-refractivity contribution is -0.137. The Bertz CT molecular complexity index is 976. The average molecular weight is 651 g/mol. The summed E-state index contributed by atoms with van der Waals surface area (Å²) in [7, 11) is 0. The van der Waals surface area contributed by atoms with Crippen molar-refractivity contribution in [1.29, 1.82) is 0 Å². The third-order valence-electron chi connectivity index (χ3n) is 14.6. The van der Waals surface area contributed by atoms with Crippen LogP contribution < -0.4 is 0 Å². The highest BCUT2D eigenvalue weighted by molar-refractivity contribution is 5.66. The smallest absolute Gasteiger partial charge is 0.303 e. The SMILES string of the molecule is CC(C)CCC[C@@H](C)[C@H]1CCC2C3CC=C4CC(CCCCCCCC/C=C\CCCCCCCC(=O)O)CC[C@]4(C)C3CC[C@@]21C. The van der Waals surface area contributed by atoms with Gasteiger partial charge in [-0.05, 0) is 136 Å². The van der Waals surface area contributed by atoms with Crippen molar-refractivity contribution in [3.63, 3.8) is 0 Å². The van der Waals surface area contributed by atoms with Crippen molar-refractivity contribution in [1.82, 2.24) is 0 Å². The van der Waals surface area contributed by atoms with E-state index in [-0.39, 0.29) is 0 Å². The van der Waals surface area contributed by atoms with Crippen LogP contribution in [0.2, 0.25) is 0 Å². The fourth-order valence-electron chi connectivity index (χ4n) is 11.7. The number of unbranched alkanes of at least 4 members (excludes halogenated alkanes) is 11. The van der Waals surface area contributed by atoms with E-state index < -0.39 is 5.97 Å². The predicted octanol–water partition coefficient (Wildman–Crippen LogP) is 14.1. The third kappa shape index (κ3) is 11.0. The molecule has 0 aromatic heterocycles. The molecule has 1 N–H and O–H groups in total. The normalized spacial score (nSPS) is 32.6. The van der Waals surface area contributed by atoms with E-state index >= 15 is 0 Å². The Morgan fingerprint density at radius 3 is 2.13 bits per heavy atom. The summed E-state index contributed by atoms with van der Waals surface area (Å²) in [6, 6.07) is 0. The monoisotopic (exact) mass is 651 g/mol. The topological polar surface area (TPSA) is 37.3 Å². The molecule has 0 amide bonds. The summed E-state index contributed by atoms with van der Waals surface area (Å²) >= 11 is 0. The minimum absolute atomic E-state index is 0.331. The average Bonchev–Trinajstić information content (AvgIpc) is 3.39. The first-order valence-electron chi connectivity index (χ1n) is 21.2. The fraction of sp³-hybridized carbons (Fsp3) is 0.889. The molecule has 0 heterocycles. The molecule has 2 nitrogen and oxygen atoms in total. The summed E-state index contributed by atoms with van der Waals surface area (Å²) in [6.07, 6.45) is 42.1. The van der Waals surface area contributed by atoms with Crippen molar-refractivity contribution in [3.05, 3.63) is 23.8 Å². The fourth-order valence-corrected chi connectivity index (χ4v) is 11.7. The van der Waals surface area contributed by atoms with Gasteiger partial charge < -0.3 is 5.11 Å². The van der Waals surface area contributed by atoms with Gasteiger partial charge in [-0.1, -0.05) is 135 Å². The van der Waals surface area contributed by atoms with Crippen LogP contribution in [0, 0.1) is 52.3 Å². The number of rotatable bonds is 22. The molecular formula is C45H78O2. The first-order valence-corrected chi connectivity index (χ1v) is 21.2. The number of hydrogen-bond donors (Lipinski definition) is 1. The second-order valence-corrected chi connectivity index (χ2v) is 18.3. The van der Waals surface area contributed by atoms with Crippen molar-refractivity contribution in [3.8, 4) is 0 Å². The predicted molar refractivity (Wildman–Crippen MR) is 203 cm³/mol. The van der Waals surface area contributed by atoms with Crippen molar-refractivity contribution >= 4 is 5.97 Å². The summed E-state index contributed by atoms with van der Waals surface area (Å²) in [4.78, 5) is 10.5. The first kappa shape index (κ1) is 38.7. The Kier molecular flexibility index (Phi) is 16.0. The van der Waals surface area contributed by atoms with E-state index in [0.717, 1.165) is 54.3 Å². The van der Waals surface area contributed by atoms with Gasteiger partial charge in [-0.3, -0.25) is 4.79 Å². The molecular weight excluding hydrogens is 572 g/mol. The molecule has 8 atom stereocenters. The molecule has 0 saturated heterocycles. The van der Waals surface area contributed by atoms with Crippen molar-refractivity contribution in [2.24, 2.45) is 52.3 Å². The second-order valence-electron chi connectivity index (χ2n) is 18.3. The molecule has 3 saturated carbocycles. The van der Waals surface area contributed by atoms with Gasteiger partial charge in [0.15, 0.2) is 0 Å². The Balaban J connectivity index is 1.08. The van der Waals surface area contributed by atoms with Crippen LogP contribution >= 0.6 is 0 Å². The number of hydrogen-bond acceptors (Lipinski definition) is 1. The maximum absolute atomic E-state index is 10.5. The van der Waals surface area contributed by atoms with Crippen LogP contribution in [-0.4, -0.2) is 11.1 Å². The Hall–Kier alpha value is -1.05. The Morgan fingerprint density at radius 1 is 0.787 bits per heavy atom. The molecule has 0 radical (unpaired) electrons. The molecule has 2 heteroatoms. The van der Waals surface area contributed by atoms with Gasteiger partial charge in [-0.2, -0.15) is 0 Å². The molecule has 0 bridgehead atoms. The molecule has 4 unspecified atom stereocenters. The van der Waals surface area contributed by atoms with Gasteiger partial charge in [0.1, 0.15) is 0 Å². The second kappa shape index (κ2) is 19.4. The quantitative estimate of drug-likeness (QED) is 0.0935. The van der Waals surface area contributed by atoms with Crippen LogP contribution in [0.15, 0.2) is 23.8 Å². The number of fused-ring (bicyclic) bond motifs is 5. The molecule has 4 aliphatic rings. The van der Waals surface area contributed by atoms with E-state index in [1.54, 1.807) is 0 Å².